The van der Waals surface area contributed by atoms with Crippen molar-refractivity contribution in [3.8, 4) is 11.1 Å². The van der Waals surface area contributed by atoms with Crippen molar-refractivity contribution in [3.63, 3.8) is 0 Å². The molecular formula is C12H12N2O6S2. The van der Waals surface area contributed by atoms with Crippen molar-refractivity contribution in [2.45, 2.75) is 9.79 Å². The summed E-state index contributed by atoms with van der Waals surface area (Å²) in [5.41, 5.74) is 10.3. The van der Waals surface area contributed by atoms with E-state index in [0.29, 0.717) is 0 Å². The number of rotatable bonds is 3. The standard InChI is InChI=1S/C12H12N2O6S2/c13-9-6-5-8(12(11(9)14)22(18,19)20)7-3-1-2-4-10(7)21(15,16)17/h1-6H,13-14H2,(H,15,16,17)(H,18,19,20). The Morgan fingerprint density at radius 2 is 1.36 bits per heavy atom. The lowest BCUT2D eigenvalue weighted by atomic mass is 10.0. The molecule has 0 heterocycles. The van der Waals surface area contributed by atoms with Gasteiger partial charge in [-0.25, -0.2) is 0 Å². The predicted molar refractivity (Wildman–Crippen MR) is 80.3 cm³/mol. The number of nitrogens with two attached hydrogens (primary N) is 2. The fourth-order valence-corrected chi connectivity index (χ4v) is 3.58. The minimum atomic E-state index is -4.78. The van der Waals surface area contributed by atoms with Crippen LogP contribution in [0.25, 0.3) is 11.1 Å². The van der Waals surface area contributed by atoms with Gasteiger partial charge < -0.3 is 11.5 Å². The van der Waals surface area contributed by atoms with Crippen molar-refractivity contribution in [1.29, 1.82) is 0 Å². The molecule has 0 fully saturated rings. The largest absolute Gasteiger partial charge is 0.397 e. The summed E-state index contributed by atoms with van der Waals surface area (Å²) in [5, 5.41) is 0. The maximum absolute atomic E-state index is 11.6. The summed E-state index contributed by atoms with van der Waals surface area (Å²) in [7, 11) is -9.39. The molecule has 2 aromatic rings. The molecule has 0 aliphatic heterocycles. The number of hydrogen-bond donors (Lipinski definition) is 4. The molecule has 0 atom stereocenters. The van der Waals surface area contributed by atoms with Crippen LogP contribution in [0.15, 0.2) is 46.2 Å². The lowest BCUT2D eigenvalue weighted by molar-refractivity contribution is 0.480. The quantitative estimate of drug-likeness (QED) is 0.474. The highest BCUT2D eigenvalue weighted by atomic mass is 32.2. The normalized spacial score (nSPS) is 12.3. The molecule has 22 heavy (non-hydrogen) atoms. The predicted octanol–water partition coefficient (Wildman–Crippen LogP) is 1.01. The van der Waals surface area contributed by atoms with Gasteiger partial charge in [0, 0.05) is 11.1 Å². The molecule has 0 radical (unpaired) electrons. The summed E-state index contributed by atoms with van der Waals surface area (Å²) >= 11 is 0. The van der Waals surface area contributed by atoms with Crippen molar-refractivity contribution in [2.75, 3.05) is 11.5 Å². The van der Waals surface area contributed by atoms with Crippen LogP contribution in [-0.2, 0) is 20.2 Å². The van der Waals surface area contributed by atoms with E-state index in [0.717, 1.165) is 6.07 Å². The Labute approximate surface area is 126 Å². The molecule has 2 rings (SSSR count). The summed E-state index contributed by atoms with van der Waals surface area (Å²) in [5.74, 6) is 0. The second-order valence-corrected chi connectivity index (χ2v) is 7.14. The monoisotopic (exact) mass is 344 g/mol. The summed E-state index contributed by atoms with van der Waals surface area (Å²) in [6.07, 6.45) is 0. The molecule has 0 saturated heterocycles. The minimum Gasteiger partial charge on any atom is -0.397 e. The van der Waals surface area contributed by atoms with Gasteiger partial charge in [-0.2, -0.15) is 16.8 Å². The number of hydrogen-bond acceptors (Lipinski definition) is 6. The van der Waals surface area contributed by atoms with E-state index in [1.54, 1.807) is 0 Å². The number of benzene rings is 2. The summed E-state index contributed by atoms with van der Waals surface area (Å²) < 4.78 is 64.6. The van der Waals surface area contributed by atoms with E-state index >= 15 is 0 Å². The third-order valence-electron chi connectivity index (χ3n) is 2.94. The number of nitrogen functional groups attached to an aromatic ring is 2. The Kier molecular flexibility index (Phi) is 3.87. The maximum Gasteiger partial charge on any atom is 0.297 e. The summed E-state index contributed by atoms with van der Waals surface area (Å²) in [6.45, 7) is 0. The summed E-state index contributed by atoms with van der Waals surface area (Å²) in [4.78, 5) is -1.24. The minimum absolute atomic E-state index is 0.0966. The molecule has 0 spiro atoms. The van der Waals surface area contributed by atoms with Gasteiger partial charge in [0.15, 0.2) is 0 Å². The lowest BCUT2D eigenvalue weighted by Gasteiger charge is -2.14. The lowest BCUT2D eigenvalue weighted by Crippen LogP contribution is -2.09. The van der Waals surface area contributed by atoms with Gasteiger partial charge in [-0.05, 0) is 12.1 Å². The Bertz CT molecular complexity index is 952. The van der Waals surface area contributed by atoms with Crippen molar-refractivity contribution in [1.82, 2.24) is 0 Å². The van der Waals surface area contributed by atoms with Crippen LogP contribution < -0.4 is 11.5 Å². The number of anilines is 2. The van der Waals surface area contributed by atoms with E-state index in [-0.39, 0.29) is 16.8 Å². The first-order valence-electron chi connectivity index (χ1n) is 5.76. The molecule has 0 saturated carbocycles. The first-order chi connectivity index (χ1) is 10.0. The average molecular weight is 344 g/mol. The molecule has 0 aliphatic carbocycles. The van der Waals surface area contributed by atoms with Gasteiger partial charge in [0.05, 0.1) is 11.4 Å². The average Bonchev–Trinajstić information content (AvgIpc) is 2.39. The van der Waals surface area contributed by atoms with Gasteiger partial charge in [-0.15, -0.1) is 0 Å². The first-order valence-corrected chi connectivity index (χ1v) is 8.64. The molecule has 0 aromatic heterocycles. The topological polar surface area (TPSA) is 161 Å². The van der Waals surface area contributed by atoms with Crippen molar-refractivity contribution >= 4 is 31.6 Å². The summed E-state index contributed by atoms with van der Waals surface area (Å²) in [6, 6.07) is 7.59. The zero-order chi connectivity index (χ0) is 16.7. The Morgan fingerprint density at radius 3 is 1.91 bits per heavy atom. The molecule has 0 bridgehead atoms. The van der Waals surface area contributed by atoms with Gasteiger partial charge >= 0.3 is 0 Å². The van der Waals surface area contributed by atoms with Gasteiger partial charge in [0.1, 0.15) is 9.79 Å². The van der Waals surface area contributed by atoms with E-state index in [4.69, 9.17) is 11.5 Å². The zero-order valence-electron chi connectivity index (χ0n) is 11.0. The molecule has 2 aromatic carbocycles. The fourth-order valence-electron chi connectivity index (χ4n) is 2.02. The molecule has 0 unspecified atom stereocenters. The second kappa shape index (κ2) is 5.25. The van der Waals surface area contributed by atoms with E-state index in [9.17, 15) is 25.9 Å². The van der Waals surface area contributed by atoms with Gasteiger partial charge in [0.2, 0.25) is 0 Å². The van der Waals surface area contributed by atoms with Crippen molar-refractivity contribution in [2.24, 2.45) is 0 Å². The highest BCUT2D eigenvalue weighted by molar-refractivity contribution is 7.86. The van der Waals surface area contributed by atoms with E-state index in [2.05, 4.69) is 0 Å². The van der Waals surface area contributed by atoms with Crippen LogP contribution >= 0.6 is 0 Å². The molecule has 118 valence electrons. The van der Waals surface area contributed by atoms with Gasteiger partial charge in [0.25, 0.3) is 20.2 Å². The van der Waals surface area contributed by atoms with Crippen LogP contribution in [0.1, 0.15) is 0 Å². The highest BCUT2D eigenvalue weighted by Crippen LogP contribution is 2.37. The SMILES string of the molecule is Nc1ccc(-c2ccccc2S(=O)(=O)O)c(S(=O)(=O)O)c1N. The maximum atomic E-state index is 11.6. The molecule has 10 heteroatoms. The fraction of sp³-hybridized carbons (Fsp3) is 0. The van der Waals surface area contributed by atoms with Crippen LogP contribution in [0.4, 0.5) is 11.4 Å². The first kappa shape index (κ1) is 16.2. The van der Waals surface area contributed by atoms with E-state index < -0.39 is 35.7 Å². The smallest absolute Gasteiger partial charge is 0.297 e. The Balaban J connectivity index is 2.96. The molecule has 6 N–H and O–H groups in total. The zero-order valence-corrected chi connectivity index (χ0v) is 12.6. The Morgan fingerprint density at radius 1 is 0.773 bits per heavy atom. The van der Waals surface area contributed by atoms with Gasteiger partial charge in [-0.3, -0.25) is 9.11 Å². The Hall–Kier alpha value is -2.14. The van der Waals surface area contributed by atoms with Crippen molar-refractivity contribution in [3.05, 3.63) is 36.4 Å². The second-order valence-electron chi connectivity index (χ2n) is 4.39. The molecule has 8 nitrogen and oxygen atoms in total. The van der Waals surface area contributed by atoms with Crippen LogP contribution in [0.3, 0.4) is 0 Å². The van der Waals surface area contributed by atoms with Crippen molar-refractivity contribution < 1.29 is 25.9 Å². The van der Waals surface area contributed by atoms with Crippen LogP contribution in [-0.4, -0.2) is 25.9 Å². The molecule has 0 aliphatic rings. The highest BCUT2D eigenvalue weighted by Gasteiger charge is 2.25. The third kappa shape index (κ3) is 2.90. The van der Waals surface area contributed by atoms with Crippen LogP contribution in [0.2, 0.25) is 0 Å². The molecular weight excluding hydrogens is 332 g/mol. The van der Waals surface area contributed by atoms with Crippen LogP contribution in [0.5, 0.6) is 0 Å². The third-order valence-corrected chi connectivity index (χ3v) is 4.81. The van der Waals surface area contributed by atoms with Gasteiger partial charge in [-0.1, -0.05) is 24.3 Å². The van der Waals surface area contributed by atoms with E-state index in [1.807, 2.05) is 0 Å². The van der Waals surface area contributed by atoms with E-state index in [1.165, 1.54) is 30.3 Å². The van der Waals surface area contributed by atoms with Crippen LogP contribution in [0, 0.1) is 0 Å². The molecule has 0 amide bonds.